The van der Waals surface area contributed by atoms with Crippen LogP contribution < -0.4 is 10.1 Å². The molecule has 0 spiro atoms. The van der Waals surface area contributed by atoms with Crippen LogP contribution in [0.1, 0.15) is 27.4 Å². The van der Waals surface area contributed by atoms with Crippen LogP contribution in [0.3, 0.4) is 0 Å². The number of aryl methyl sites for hydroxylation is 2. The number of carbonyl (C=O) groups is 1. The highest BCUT2D eigenvalue weighted by Gasteiger charge is 2.14. The van der Waals surface area contributed by atoms with E-state index in [9.17, 15) is 9.90 Å². The average Bonchev–Trinajstić information content (AvgIpc) is 3.17. The third kappa shape index (κ3) is 6.55. The van der Waals surface area contributed by atoms with Crippen molar-refractivity contribution in [1.29, 1.82) is 0 Å². The first kappa shape index (κ1) is 22.3. The summed E-state index contributed by atoms with van der Waals surface area (Å²) in [5, 5.41) is 15.9. The fourth-order valence-electron chi connectivity index (χ4n) is 2.99. The minimum absolute atomic E-state index is 0.115. The molecule has 3 aromatic rings. The Morgan fingerprint density at radius 3 is 2.67 bits per heavy atom. The van der Waals surface area contributed by atoms with Crippen LogP contribution in [0.25, 0.3) is 0 Å². The summed E-state index contributed by atoms with van der Waals surface area (Å²) in [5.41, 5.74) is 4.21. The normalized spacial score (nSPS) is 11.9. The Balaban J connectivity index is 1.49. The van der Waals surface area contributed by atoms with Gasteiger partial charge in [-0.3, -0.25) is 4.79 Å². The number of ether oxygens (including phenoxy) is 1. The van der Waals surface area contributed by atoms with Gasteiger partial charge in [0.25, 0.3) is 0 Å². The Morgan fingerprint density at radius 1 is 1.20 bits per heavy atom. The van der Waals surface area contributed by atoms with Gasteiger partial charge in [-0.2, -0.15) is 0 Å². The highest BCUT2D eigenvalue weighted by molar-refractivity contribution is 7.09. The zero-order valence-electron chi connectivity index (χ0n) is 17.0. The summed E-state index contributed by atoms with van der Waals surface area (Å²) in [5.74, 6) is 0.555. The van der Waals surface area contributed by atoms with Crippen molar-refractivity contribution in [2.75, 3.05) is 6.61 Å². The lowest BCUT2D eigenvalue weighted by Gasteiger charge is -2.17. The number of amides is 1. The Hall–Kier alpha value is -2.41. The zero-order chi connectivity index (χ0) is 21.5. The van der Waals surface area contributed by atoms with Crippen molar-refractivity contribution in [3.8, 4) is 5.75 Å². The van der Waals surface area contributed by atoms with Crippen molar-refractivity contribution in [1.82, 2.24) is 10.3 Å². The standard InChI is InChI=1S/C23H25ClN2O3S/c1-15-3-4-17(9-16(15)2)10-19(12-27)25-22(28)11-20-14-30-23(26-20)13-29-21-7-5-18(24)6-8-21/h3-9,14,19,27H,10-13H2,1-2H3,(H,25,28). The van der Waals surface area contributed by atoms with Crippen LogP contribution in [0.4, 0.5) is 0 Å². The van der Waals surface area contributed by atoms with E-state index >= 15 is 0 Å². The molecule has 0 aliphatic rings. The molecule has 158 valence electrons. The van der Waals surface area contributed by atoms with Crippen LogP contribution >= 0.6 is 22.9 Å². The van der Waals surface area contributed by atoms with Crippen molar-refractivity contribution < 1.29 is 14.6 Å². The molecule has 0 fully saturated rings. The van der Waals surface area contributed by atoms with Crippen molar-refractivity contribution >= 4 is 28.8 Å². The van der Waals surface area contributed by atoms with Gasteiger partial charge in [0.2, 0.25) is 5.91 Å². The smallest absolute Gasteiger partial charge is 0.226 e. The van der Waals surface area contributed by atoms with Gasteiger partial charge in [0.1, 0.15) is 17.4 Å². The maximum absolute atomic E-state index is 12.4. The molecule has 0 saturated carbocycles. The maximum atomic E-state index is 12.4. The van der Waals surface area contributed by atoms with Gasteiger partial charge in [-0.15, -0.1) is 11.3 Å². The molecule has 2 N–H and O–H groups in total. The number of aliphatic hydroxyl groups excluding tert-OH is 1. The number of rotatable bonds is 9. The summed E-state index contributed by atoms with van der Waals surface area (Å²) in [7, 11) is 0. The summed E-state index contributed by atoms with van der Waals surface area (Å²) >= 11 is 7.32. The van der Waals surface area contributed by atoms with Crippen LogP contribution in [0.5, 0.6) is 5.75 Å². The maximum Gasteiger partial charge on any atom is 0.226 e. The summed E-state index contributed by atoms with van der Waals surface area (Å²) in [6, 6.07) is 13.0. The molecule has 7 heteroatoms. The average molecular weight is 445 g/mol. The molecule has 30 heavy (non-hydrogen) atoms. The minimum atomic E-state index is -0.328. The number of carbonyl (C=O) groups excluding carboxylic acids is 1. The number of aliphatic hydroxyl groups is 1. The third-order valence-electron chi connectivity index (χ3n) is 4.76. The van der Waals surface area contributed by atoms with Crippen molar-refractivity contribution in [2.45, 2.75) is 39.3 Å². The summed E-state index contributed by atoms with van der Waals surface area (Å²) < 4.78 is 5.69. The lowest BCUT2D eigenvalue weighted by Crippen LogP contribution is -2.40. The number of halogens is 1. The van der Waals surface area contributed by atoms with Gasteiger partial charge in [0, 0.05) is 10.4 Å². The molecular weight excluding hydrogens is 420 g/mol. The summed E-state index contributed by atoms with van der Waals surface area (Å²) in [6.45, 7) is 4.34. The predicted octanol–water partition coefficient (Wildman–Crippen LogP) is 4.25. The van der Waals surface area contributed by atoms with Gasteiger partial charge in [-0.05, 0) is 61.2 Å². The van der Waals surface area contributed by atoms with Gasteiger partial charge in [-0.25, -0.2) is 4.98 Å². The topological polar surface area (TPSA) is 71.5 Å². The molecular formula is C23H25ClN2O3S. The Kier molecular flexibility index (Phi) is 7.85. The second kappa shape index (κ2) is 10.6. The van der Waals surface area contributed by atoms with Crippen LogP contribution in [-0.4, -0.2) is 28.6 Å². The molecule has 1 aromatic heterocycles. The van der Waals surface area contributed by atoms with Gasteiger partial charge >= 0.3 is 0 Å². The Labute approximate surface area is 185 Å². The minimum Gasteiger partial charge on any atom is -0.486 e. The highest BCUT2D eigenvalue weighted by Crippen LogP contribution is 2.18. The first-order chi connectivity index (χ1) is 14.4. The van der Waals surface area contributed by atoms with E-state index in [1.807, 2.05) is 11.4 Å². The number of benzene rings is 2. The van der Waals surface area contributed by atoms with Crippen molar-refractivity contribution in [2.24, 2.45) is 0 Å². The lowest BCUT2D eigenvalue weighted by atomic mass is 10.0. The molecule has 0 aliphatic carbocycles. The summed E-state index contributed by atoms with van der Waals surface area (Å²) in [4.78, 5) is 16.9. The predicted molar refractivity (Wildman–Crippen MR) is 120 cm³/mol. The zero-order valence-corrected chi connectivity index (χ0v) is 18.6. The van der Waals surface area contributed by atoms with E-state index in [1.165, 1.54) is 22.5 Å². The fourth-order valence-corrected chi connectivity index (χ4v) is 3.82. The molecule has 3 rings (SSSR count). The number of hydrogen-bond donors (Lipinski definition) is 2. The second-order valence-electron chi connectivity index (χ2n) is 7.22. The second-order valence-corrected chi connectivity index (χ2v) is 8.60. The molecule has 1 amide bonds. The van der Waals surface area contributed by atoms with E-state index in [2.05, 4.69) is 36.3 Å². The van der Waals surface area contributed by atoms with Crippen molar-refractivity contribution in [3.05, 3.63) is 80.3 Å². The van der Waals surface area contributed by atoms with Crippen LogP contribution in [0, 0.1) is 13.8 Å². The molecule has 1 atom stereocenters. The molecule has 0 radical (unpaired) electrons. The number of nitrogens with one attached hydrogen (secondary N) is 1. The number of nitrogens with zero attached hydrogens (tertiary/aromatic N) is 1. The molecule has 0 bridgehead atoms. The lowest BCUT2D eigenvalue weighted by molar-refractivity contribution is -0.121. The molecule has 1 heterocycles. The van der Waals surface area contributed by atoms with Gasteiger partial charge < -0.3 is 15.2 Å². The van der Waals surface area contributed by atoms with E-state index in [4.69, 9.17) is 16.3 Å². The fraction of sp³-hybridized carbons (Fsp3) is 0.304. The van der Waals surface area contributed by atoms with Crippen LogP contribution in [0.15, 0.2) is 47.8 Å². The first-order valence-corrected chi connectivity index (χ1v) is 11.0. The monoisotopic (exact) mass is 444 g/mol. The van der Waals surface area contributed by atoms with E-state index < -0.39 is 0 Å². The highest BCUT2D eigenvalue weighted by atomic mass is 35.5. The first-order valence-electron chi connectivity index (χ1n) is 9.71. The third-order valence-corrected chi connectivity index (χ3v) is 5.88. The number of hydrogen-bond acceptors (Lipinski definition) is 5. The Morgan fingerprint density at radius 2 is 1.97 bits per heavy atom. The SMILES string of the molecule is Cc1ccc(CC(CO)NC(=O)Cc2csc(COc3ccc(Cl)cc3)n2)cc1C. The van der Waals surface area contributed by atoms with Crippen molar-refractivity contribution in [3.63, 3.8) is 0 Å². The molecule has 0 saturated heterocycles. The van der Waals surface area contributed by atoms with Gasteiger partial charge in [0.15, 0.2) is 0 Å². The Bertz CT molecular complexity index is 988. The summed E-state index contributed by atoms with van der Waals surface area (Å²) in [6.07, 6.45) is 0.751. The van der Waals surface area contributed by atoms with Crippen LogP contribution in [0.2, 0.25) is 5.02 Å². The van der Waals surface area contributed by atoms with E-state index in [-0.39, 0.29) is 25.0 Å². The molecule has 5 nitrogen and oxygen atoms in total. The largest absolute Gasteiger partial charge is 0.486 e. The quantitative estimate of drug-likeness (QED) is 0.517. The van der Waals surface area contributed by atoms with E-state index in [1.54, 1.807) is 24.3 Å². The molecule has 0 aliphatic heterocycles. The number of thiazole rings is 1. The number of aromatic nitrogens is 1. The van der Waals surface area contributed by atoms with Crippen LogP contribution in [-0.2, 0) is 24.2 Å². The molecule has 2 aromatic carbocycles. The van der Waals surface area contributed by atoms with Gasteiger partial charge in [0.05, 0.1) is 24.8 Å². The molecule has 1 unspecified atom stereocenters. The van der Waals surface area contributed by atoms with Gasteiger partial charge in [-0.1, -0.05) is 29.8 Å². The van der Waals surface area contributed by atoms with E-state index in [0.717, 1.165) is 10.6 Å². The van der Waals surface area contributed by atoms with E-state index in [0.29, 0.717) is 29.5 Å².